The van der Waals surface area contributed by atoms with Crippen molar-refractivity contribution in [1.82, 2.24) is 5.32 Å². The Balaban J connectivity index is 2.24. The fourth-order valence-electron chi connectivity index (χ4n) is 3.08. The molecule has 3 nitrogen and oxygen atoms in total. The highest BCUT2D eigenvalue weighted by Gasteiger charge is 2.19. The Kier molecular flexibility index (Phi) is 9.48. The van der Waals surface area contributed by atoms with Crippen LogP contribution < -0.4 is 5.32 Å². The van der Waals surface area contributed by atoms with Crippen molar-refractivity contribution >= 4 is 0 Å². The Bertz CT molecular complexity index is 205. The molecule has 3 heteroatoms. The molecule has 0 aliphatic heterocycles. The van der Waals surface area contributed by atoms with E-state index in [1.807, 2.05) is 13.8 Å². The molecule has 1 fully saturated rings. The summed E-state index contributed by atoms with van der Waals surface area (Å²) < 4.78 is 11.2. The van der Waals surface area contributed by atoms with Gasteiger partial charge in [0, 0.05) is 25.8 Å². The molecule has 1 aliphatic rings. The average Bonchev–Trinajstić information content (AvgIpc) is 2.63. The molecule has 1 aliphatic carbocycles. The molecule has 0 aromatic carbocycles. The third kappa shape index (κ3) is 7.28. The van der Waals surface area contributed by atoms with Crippen LogP contribution in [0.1, 0.15) is 65.7 Å². The summed E-state index contributed by atoms with van der Waals surface area (Å²) in [6.45, 7) is 8.60. The van der Waals surface area contributed by atoms with Crippen LogP contribution in [-0.4, -0.2) is 32.1 Å². The predicted molar refractivity (Wildman–Crippen MR) is 80.3 cm³/mol. The largest absolute Gasteiger partial charge is 0.352 e. The van der Waals surface area contributed by atoms with E-state index in [0.717, 1.165) is 25.7 Å². The average molecular weight is 271 g/mol. The van der Waals surface area contributed by atoms with Crippen molar-refractivity contribution in [2.75, 3.05) is 19.8 Å². The van der Waals surface area contributed by atoms with Crippen molar-refractivity contribution in [2.45, 2.75) is 78.0 Å². The van der Waals surface area contributed by atoms with Crippen LogP contribution in [0, 0.1) is 5.92 Å². The zero-order valence-corrected chi connectivity index (χ0v) is 13.1. The quantitative estimate of drug-likeness (QED) is 0.512. The lowest BCUT2D eigenvalue weighted by molar-refractivity contribution is -0.133. The van der Waals surface area contributed by atoms with Crippen molar-refractivity contribution in [3.63, 3.8) is 0 Å². The molecule has 0 amide bonds. The van der Waals surface area contributed by atoms with E-state index in [1.54, 1.807) is 0 Å². The van der Waals surface area contributed by atoms with Crippen molar-refractivity contribution in [3.05, 3.63) is 0 Å². The van der Waals surface area contributed by atoms with E-state index in [-0.39, 0.29) is 6.29 Å². The van der Waals surface area contributed by atoms with Gasteiger partial charge in [0.05, 0.1) is 0 Å². The maximum Gasteiger partial charge on any atom is 0.169 e. The molecule has 0 spiro atoms. The molecular weight excluding hydrogens is 238 g/mol. The summed E-state index contributed by atoms with van der Waals surface area (Å²) in [5.74, 6) is 0.964. The maximum absolute atomic E-state index is 5.58. The zero-order chi connectivity index (χ0) is 13.9. The third-order valence-electron chi connectivity index (χ3n) is 4.06. The molecule has 2 unspecified atom stereocenters. The minimum Gasteiger partial charge on any atom is -0.352 e. The van der Waals surface area contributed by atoms with Crippen LogP contribution in [-0.2, 0) is 9.47 Å². The molecule has 0 bridgehead atoms. The molecule has 0 radical (unpaired) electrons. The van der Waals surface area contributed by atoms with Gasteiger partial charge in [-0.05, 0) is 39.0 Å². The molecule has 0 aromatic heterocycles. The minimum atomic E-state index is -0.0790. The van der Waals surface area contributed by atoms with Crippen LogP contribution in [0.5, 0.6) is 0 Å². The van der Waals surface area contributed by atoms with Gasteiger partial charge in [0.25, 0.3) is 0 Å². The van der Waals surface area contributed by atoms with Gasteiger partial charge < -0.3 is 14.8 Å². The summed E-state index contributed by atoms with van der Waals surface area (Å²) in [5.41, 5.74) is 0. The van der Waals surface area contributed by atoms with Gasteiger partial charge in [-0.2, -0.15) is 0 Å². The second kappa shape index (κ2) is 10.6. The highest BCUT2D eigenvalue weighted by Crippen LogP contribution is 2.26. The summed E-state index contributed by atoms with van der Waals surface area (Å²) >= 11 is 0. The molecular formula is C16H33NO2. The molecule has 2 atom stereocenters. The summed E-state index contributed by atoms with van der Waals surface area (Å²) in [4.78, 5) is 0. The Labute approximate surface area is 119 Å². The van der Waals surface area contributed by atoms with Crippen LogP contribution in [0.3, 0.4) is 0 Å². The van der Waals surface area contributed by atoms with E-state index < -0.39 is 0 Å². The van der Waals surface area contributed by atoms with Crippen LogP contribution in [0.25, 0.3) is 0 Å². The fraction of sp³-hybridized carbons (Fsp3) is 1.00. The van der Waals surface area contributed by atoms with Crippen LogP contribution in [0.2, 0.25) is 0 Å². The van der Waals surface area contributed by atoms with Gasteiger partial charge in [-0.1, -0.05) is 32.6 Å². The van der Waals surface area contributed by atoms with Gasteiger partial charge in [0.2, 0.25) is 0 Å². The van der Waals surface area contributed by atoms with E-state index in [9.17, 15) is 0 Å². The molecule has 1 rings (SSSR count). The minimum absolute atomic E-state index is 0.0790. The predicted octanol–water partition coefficient (Wildman–Crippen LogP) is 3.72. The van der Waals surface area contributed by atoms with Crippen LogP contribution in [0.4, 0.5) is 0 Å². The fourth-order valence-corrected chi connectivity index (χ4v) is 3.08. The van der Waals surface area contributed by atoms with Crippen LogP contribution >= 0.6 is 0 Å². The van der Waals surface area contributed by atoms with Gasteiger partial charge in [0.1, 0.15) is 0 Å². The monoisotopic (exact) mass is 271 g/mol. The molecule has 0 saturated heterocycles. The highest BCUT2D eigenvalue weighted by molar-refractivity contribution is 4.75. The normalized spacial score (nSPS) is 24.6. The Morgan fingerprint density at radius 1 is 1.00 bits per heavy atom. The topological polar surface area (TPSA) is 30.5 Å². The van der Waals surface area contributed by atoms with E-state index in [4.69, 9.17) is 9.47 Å². The molecule has 0 heterocycles. The summed E-state index contributed by atoms with van der Waals surface area (Å²) in [7, 11) is 0. The first-order chi connectivity index (χ1) is 9.30. The number of nitrogens with one attached hydrogen (secondary N) is 1. The lowest BCUT2D eigenvalue weighted by Gasteiger charge is -2.22. The molecule has 0 aromatic rings. The van der Waals surface area contributed by atoms with Gasteiger partial charge >= 0.3 is 0 Å². The van der Waals surface area contributed by atoms with E-state index in [1.165, 1.54) is 44.9 Å². The number of ether oxygens (including phenoxy) is 2. The number of rotatable bonds is 9. The molecule has 19 heavy (non-hydrogen) atoms. The van der Waals surface area contributed by atoms with Crippen molar-refractivity contribution in [3.8, 4) is 0 Å². The standard InChI is InChI=1S/C16H33NO2/c1-4-8-14-9-7-10-15(12-11-14)17-13-16(18-5-2)19-6-3/h14-17H,4-13H2,1-3H3. The Hall–Kier alpha value is -0.120. The molecule has 1 N–H and O–H groups in total. The van der Waals surface area contributed by atoms with Gasteiger partial charge in [-0.3, -0.25) is 0 Å². The first kappa shape index (κ1) is 16.9. The Morgan fingerprint density at radius 2 is 1.74 bits per heavy atom. The second-order valence-corrected chi connectivity index (χ2v) is 5.61. The summed E-state index contributed by atoms with van der Waals surface area (Å²) in [6.07, 6.45) is 9.47. The van der Waals surface area contributed by atoms with Gasteiger partial charge in [-0.25, -0.2) is 0 Å². The first-order valence-electron chi connectivity index (χ1n) is 8.26. The van der Waals surface area contributed by atoms with E-state index in [0.29, 0.717) is 6.04 Å². The third-order valence-corrected chi connectivity index (χ3v) is 4.06. The van der Waals surface area contributed by atoms with Crippen molar-refractivity contribution in [2.24, 2.45) is 5.92 Å². The number of hydrogen-bond donors (Lipinski definition) is 1. The second-order valence-electron chi connectivity index (χ2n) is 5.61. The van der Waals surface area contributed by atoms with E-state index >= 15 is 0 Å². The highest BCUT2D eigenvalue weighted by atomic mass is 16.7. The summed E-state index contributed by atoms with van der Waals surface area (Å²) in [5, 5.41) is 3.64. The SMILES string of the molecule is CCCC1CCCC(NCC(OCC)OCC)CC1. The maximum atomic E-state index is 5.58. The van der Waals surface area contributed by atoms with Gasteiger partial charge in [-0.15, -0.1) is 0 Å². The van der Waals surface area contributed by atoms with Crippen molar-refractivity contribution in [1.29, 1.82) is 0 Å². The lowest BCUT2D eigenvalue weighted by atomic mass is 9.95. The van der Waals surface area contributed by atoms with E-state index in [2.05, 4.69) is 12.2 Å². The summed E-state index contributed by atoms with van der Waals surface area (Å²) in [6, 6.07) is 0.658. The Morgan fingerprint density at radius 3 is 2.37 bits per heavy atom. The van der Waals surface area contributed by atoms with Crippen molar-refractivity contribution < 1.29 is 9.47 Å². The van der Waals surface area contributed by atoms with Gasteiger partial charge in [0.15, 0.2) is 6.29 Å². The zero-order valence-electron chi connectivity index (χ0n) is 13.1. The lowest BCUT2D eigenvalue weighted by Crippen LogP contribution is -2.38. The number of hydrogen-bond acceptors (Lipinski definition) is 3. The first-order valence-corrected chi connectivity index (χ1v) is 8.26. The molecule has 1 saturated carbocycles. The van der Waals surface area contributed by atoms with Crippen LogP contribution in [0.15, 0.2) is 0 Å². The molecule has 114 valence electrons. The smallest absolute Gasteiger partial charge is 0.169 e.